The van der Waals surface area contributed by atoms with Crippen molar-refractivity contribution in [2.75, 3.05) is 19.6 Å². The Hall–Kier alpha value is -0.0400. The van der Waals surface area contributed by atoms with Crippen molar-refractivity contribution in [2.24, 2.45) is 5.92 Å². The number of likely N-dealkylation sites (tertiary alicyclic amines) is 1. The molecule has 0 amide bonds. The van der Waals surface area contributed by atoms with Gasteiger partial charge in [0.25, 0.3) is 0 Å². The Labute approximate surface area is 103 Å². The smallest absolute Gasteiger partial charge is 0.00101 e. The first-order valence-corrected chi connectivity index (χ1v) is 7.59. The molecular formula is C15H31N. The molecule has 0 aliphatic carbocycles. The van der Waals surface area contributed by atoms with E-state index in [1.54, 1.807) is 0 Å². The lowest BCUT2D eigenvalue weighted by Crippen LogP contribution is -2.21. The normalized spacial score (nSPS) is 21.8. The van der Waals surface area contributed by atoms with Crippen LogP contribution in [-0.2, 0) is 0 Å². The van der Waals surface area contributed by atoms with Crippen LogP contribution in [0.15, 0.2) is 0 Å². The molecule has 0 spiro atoms. The van der Waals surface area contributed by atoms with Gasteiger partial charge in [-0.2, -0.15) is 0 Å². The molecule has 1 nitrogen and oxygen atoms in total. The van der Waals surface area contributed by atoms with Crippen LogP contribution in [0.2, 0.25) is 0 Å². The first-order chi connectivity index (χ1) is 7.86. The van der Waals surface area contributed by atoms with E-state index in [9.17, 15) is 0 Å². The van der Waals surface area contributed by atoms with Crippen molar-refractivity contribution in [2.45, 2.75) is 71.6 Å². The molecular weight excluding hydrogens is 194 g/mol. The number of nitrogens with zero attached hydrogens (tertiary/aromatic N) is 1. The molecule has 1 saturated heterocycles. The summed E-state index contributed by atoms with van der Waals surface area (Å²) in [5.74, 6) is 1.02. The van der Waals surface area contributed by atoms with Crippen molar-refractivity contribution >= 4 is 0 Å². The maximum Gasteiger partial charge on any atom is 0.00101 e. The van der Waals surface area contributed by atoms with Crippen molar-refractivity contribution in [3.63, 3.8) is 0 Å². The third-order valence-electron chi connectivity index (χ3n) is 3.91. The summed E-state index contributed by atoms with van der Waals surface area (Å²) >= 11 is 0. The van der Waals surface area contributed by atoms with Crippen LogP contribution in [0, 0.1) is 5.92 Å². The third-order valence-corrected chi connectivity index (χ3v) is 3.91. The highest BCUT2D eigenvalue weighted by Gasteiger charge is 2.20. The summed E-state index contributed by atoms with van der Waals surface area (Å²) in [5, 5.41) is 0. The molecule has 0 aromatic carbocycles. The van der Waals surface area contributed by atoms with E-state index in [1.165, 1.54) is 77.4 Å². The highest BCUT2D eigenvalue weighted by molar-refractivity contribution is 4.75. The van der Waals surface area contributed by atoms with E-state index < -0.39 is 0 Å². The minimum atomic E-state index is 1.02. The number of hydrogen-bond donors (Lipinski definition) is 0. The largest absolute Gasteiger partial charge is 0.303 e. The van der Waals surface area contributed by atoms with Gasteiger partial charge in [0.05, 0.1) is 0 Å². The average molecular weight is 225 g/mol. The monoisotopic (exact) mass is 225 g/mol. The fraction of sp³-hybridized carbons (Fsp3) is 1.00. The van der Waals surface area contributed by atoms with Gasteiger partial charge in [0.15, 0.2) is 0 Å². The van der Waals surface area contributed by atoms with Gasteiger partial charge in [0.1, 0.15) is 0 Å². The van der Waals surface area contributed by atoms with Gasteiger partial charge in [-0.25, -0.2) is 0 Å². The van der Waals surface area contributed by atoms with E-state index in [1.807, 2.05) is 0 Å². The summed E-state index contributed by atoms with van der Waals surface area (Å²) in [6, 6.07) is 0. The zero-order valence-corrected chi connectivity index (χ0v) is 11.5. The molecule has 1 unspecified atom stereocenters. The topological polar surface area (TPSA) is 3.24 Å². The Morgan fingerprint density at radius 2 is 1.69 bits per heavy atom. The van der Waals surface area contributed by atoms with Crippen molar-refractivity contribution < 1.29 is 0 Å². The predicted molar refractivity (Wildman–Crippen MR) is 72.8 cm³/mol. The molecule has 0 saturated carbocycles. The highest BCUT2D eigenvalue weighted by atomic mass is 15.1. The molecule has 1 aliphatic rings. The minimum absolute atomic E-state index is 1.02. The molecule has 96 valence electrons. The second kappa shape index (κ2) is 9.04. The highest BCUT2D eigenvalue weighted by Crippen LogP contribution is 2.21. The van der Waals surface area contributed by atoms with Gasteiger partial charge >= 0.3 is 0 Å². The first kappa shape index (κ1) is 14.0. The molecule has 1 heterocycles. The number of rotatable bonds is 9. The van der Waals surface area contributed by atoms with Crippen LogP contribution in [0.4, 0.5) is 0 Å². The van der Waals surface area contributed by atoms with Crippen LogP contribution < -0.4 is 0 Å². The maximum atomic E-state index is 2.70. The van der Waals surface area contributed by atoms with Gasteiger partial charge < -0.3 is 4.90 Å². The molecule has 1 rings (SSSR count). The zero-order chi connectivity index (χ0) is 11.6. The minimum Gasteiger partial charge on any atom is -0.303 e. The Morgan fingerprint density at radius 1 is 0.938 bits per heavy atom. The van der Waals surface area contributed by atoms with Gasteiger partial charge in [0, 0.05) is 6.54 Å². The number of hydrogen-bond acceptors (Lipinski definition) is 1. The van der Waals surface area contributed by atoms with Crippen molar-refractivity contribution in [1.82, 2.24) is 4.90 Å². The average Bonchev–Trinajstić information content (AvgIpc) is 2.74. The molecule has 16 heavy (non-hydrogen) atoms. The summed E-state index contributed by atoms with van der Waals surface area (Å²) < 4.78 is 0. The molecule has 0 radical (unpaired) electrons. The predicted octanol–water partition coefficient (Wildman–Crippen LogP) is 4.47. The second-order valence-electron chi connectivity index (χ2n) is 5.51. The lowest BCUT2D eigenvalue weighted by Gasteiger charge is -2.15. The Bertz CT molecular complexity index is 156. The quantitative estimate of drug-likeness (QED) is 0.523. The SMILES string of the molecule is CCCCCCCN1CCC(CCCC)C1. The molecule has 0 aromatic heterocycles. The van der Waals surface area contributed by atoms with Gasteiger partial charge in [-0.15, -0.1) is 0 Å². The van der Waals surface area contributed by atoms with Gasteiger partial charge in [-0.1, -0.05) is 52.4 Å². The molecule has 0 N–H and O–H groups in total. The fourth-order valence-corrected chi connectivity index (χ4v) is 2.78. The van der Waals surface area contributed by atoms with E-state index in [2.05, 4.69) is 18.7 Å². The third kappa shape index (κ3) is 5.89. The van der Waals surface area contributed by atoms with Crippen molar-refractivity contribution in [3.05, 3.63) is 0 Å². The van der Waals surface area contributed by atoms with E-state index in [4.69, 9.17) is 0 Å². The summed E-state index contributed by atoms with van der Waals surface area (Å²) in [7, 11) is 0. The van der Waals surface area contributed by atoms with Crippen LogP contribution in [0.1, 0.15) is 71.6 Å². The summed E-state index contributed by atoms with van der Waals surface area (Å²) in [4.78, 5) is 2.70. The standard InChI is InChI=1S/C15H31N/c1-3-5-7-8-9-12-16-13-11-15(14-16)10-6-4-2/h15H,3-14H2,1-2H3. The summed E-state index contributed by atoms with van der Waals surface area (Å²) in [6.07, 6.45) is 12.9. The van der Waals surface area contributed by atoms with Crippen LogP contribution in [-0.4, -0.2) is 24.5 Å². The maximum absolute atomic E-state index is 2.70. The molecule has 1 atom stereocenters. The van der Waals surface area contributed by atoms with Crippen LogP contribution in [0.25, 0.3) is 0 Å². The lowest BCUT2D eigenvalue weighted by atomic mass is 10.0. The van der Waals surface area contributed by atoms with Crippen LogP contribution in [0.3, 0.4) is 0 Å². The van der Waals surface area contributed by atoms with Crippen LogP contribution >= 0.6 is 0 Å². The van der Waals surface area contributed by atoms with Crippen molar-refractivity contribution in [3.8, 4) is 0 Å². The zero-order valence-electron chi connectivity index (χ0n) is 11.5. The fourth-order valence-electron chi connectivity index (χ4n) is 2.78. The molecule has 1 heteroatoms. The lowest BCUT2D eigenvalue weighted by molar-refractivity contribution is 0.310. The first-order valence-electron chi connectivity index (χ1n) is 7.59. The Morgan fingerprint density at radius 3 is 2.44 bits per heavy atom. The van der Waals surface area contributed by atoms with E-state index in [0.29, 0.717) is 0 Å². The van der Waals surface area contributed by atoms with E-state index >= 15 is 0 Å². The molecule has 0 aromatic rings. The molecule has 1 fully saturated rings. The van der Waals surface area contributed by atoms with Crippen molar-refractivity contribution in [1.29, 1.82) is 0 Å². The molecule has 1 aliphatic heterocycles. The number of unbranched alkanes of at least 4 members (excludes halogenated alkanes) is 5. The van der Waals surface area contributed by atoms with Gasteiger partial charge in [-0.3, -0.25) is 0 Å². The van der Waals surface area contributed by atoms with E-state index in [-0.39, 0.29) is 0 Å². The summed E-state index contributed by atoms with van der Waals surface area (Å²) in [5.41, 5.74) is 0. The second-order valence-corrected chi connectivity index (χ2v) is 5.51. The van der Waals surface area contributed by atoms with Gasteiger partial charge in [0.2, 0.25) is 0 Å². The summed E-state index contributed by atoms with van der Waals surface area (Å²) in [6.45, 7) is 8.74. The molecule has 0 bridgehead atoms. The van der Waals surface area contributed by atoms with Gasteiger partial charge in [-0.05, 0) is 38.3 Å². The Balaban J connectivity index is 1.94. The Kier molecular flexibility index (Phi) is 7.92. The van der Waals surface area contributed by atoms with Crippen LogP contribution in [0.5, 0.6) is 0 Å². The van der Waals surface area contributed by atoms with E-state index in [0.717, 1.165) is 5.92 Å².